The van der Waals surface area contributed by atoms with Crippen LogP contribution in [0.25, 0.3) is 0 Å². The van der Waals surface area contributed by atoms with E-state index >= 15 is 0 Å². The SMILES string of the molecule is Cc1cccc(NC(=O)c2c(NC(=O)C(C)(C)C)sc3c2CCCCC3)c1. The van der Waals surface area contributed by atoms with Gasteiger partial charge in [-0.25, -0.2) is 0 Å². The molecule has 0 saturated carbocycles. The summed E-state index contributed by atoms with van der Waals surface area (Å²) < 4.78 is 0. The second-order valence-electron chi connectivity index (χ2n) is 8.30. The van der Waals surface area contributed by atoms with Crippen LogP contribution in [0.2, 0.25) is 0 Å². The monoisotopic (exact) mass is 384 g/mol. The Hall–Kier alpha value is -2.14. The van der Waals surface area contributed by atoms with Crippen molar-refractivity contribution in [1.29, 1.82) is 0 Å². The zero-order chi connectivity index (χ0) is 19.6. The van der Waals surface area contributed by atoms with Crippen molar-refractivity contribution in [2.45, 2.75) is 59.8 Å². The number of nitrogens with one attached hydrogen (secondary N) is 2. The molecule has 0 spiro atoms. The molecule has 2 aromatic rings. The van der Waals surface area contributed by atoms with E-state index in [0.717, 1.165) is 42.5 Å². The van der Waals surface area contributed by atoms with Gasteiger partial charge in [0.15, 0.2) is 0 Å². The van der Waals surface area contributed by atoms with Gasteiger partial charge in [-0.15, -0.1) is 11.3 Å². The normalized spacial score (nSPS) is 14.2. The van der Waals surface area contributed by atoms with Crippen molar-refractivity contribution in [2.75, 3.05) is 10.6 Å². The van der Waals surface area contributed by atoms with Crippen molar-refractivity contribution in [2.24, 2.45) is 5.41 Å². The van der Waals surface area contributed by atoms with E-state index in [2.05, 4.69) is 10.6 Å². The first-order valence-electron chi connectivity index (χ1n) is 9.59. The summed E-state index contributed by atoms with van der Waals surface area (Å²) in [6, 6.07) is 7.78. The van der Waals surface area contributed by atoms with Gasteiger partial charge in [0.1, 0.15) is 5.00 Å². The number of rotatable bonds is 3. The smallest absolute Gasteiger partial charge is 0.258 e. The van der Waals surface area contributed by atoms with E-state index in [-0.39, 0.29) is 11.8 Å². The number of anilines is 2. The summed E-state index contributed by atoms with van der Waals surface area (Å²) in [6.07, 6.45) is 5.29. The summed E-state index contributed by atoms with van der Waals surface area (Å²) >= 11 is 1.57. The zero-order valence-electron chi connectivity index (χ0n) is 16.6. The molecule has 1 heterocycles. The minimum Gasteiger partial charge on any atom is -0.322 e. The van der Waals surface area contributed by atoms with Crippen LogP contribution in [0.5, 0.6) is 0 Å². The first kappa shape index (κ1) is 19.6. The predicted octanol–water partition coefficient (Wildman–Crippen LogP) is 5.56. The van der Waals surface area contributed by atoms with Gasteiger partial charge in [0.05, 0.1) is 5.56 Å². The third-order valence-electron chi connectivity index (χ3n) is 4.83. The van der Waals surface area contributed by atoms with E-state index in [9.17, 15) is 9.59 Å². The molecule has 1 aliphatic carbocycles. The predicted molar refractivity (Wildman–Crippen MR) is 113 cm³/mol. The van der Waals surface area contributed by atoms with Crippen LogP contribution in [-0.4, -0.2) is 11.8 Å². The van der Waals surface area contributed by atoms with E-state index in [1.54, 1.807) is 11.3 Å². The Morgan fingerprint density at radius 2 is 1.78 bits per heavy atom. The maximum Gasteiger partial charge on any atom is 0.258 e. The average molecular weight is 385 g/mol. The molecule has 0 aliphatic heterocycles. The molecule has 1 aliphatic rings. The van der Waals surface area contributed by atoms with Crippen LogP contribution >= 0.6 is 11.3 Å². The maximum atomic E-state index is 13.2. The lowest BCUT2D eigenvalue weighted by atomic mass is 9.95. The summed E-state index contributed by atoms with van der Waals surface area (Å²) in [7, 11) is 0. The number of thiophene rings is 1. The highest BCUT2D eigenvalue weighted by Crippen LogP contribution is 2.38. The van der Waals surface area contributed by atoms with Crippen molar-refractivity contribution >= 4 is 33.8 Å². The molecule has 1 aromatic carbocycles. The molecule has 27 heavy (non-hydrogen) atoms. The fourth-order valence-corrected chi connectivity index (χ4v) is 4.56. The Balaban J connectivity index is 1.96. The lowest BCUT2D eigenvalue weighted by Gasteiger charge is -2.18. The first-order valence-corrected chi connectivity index (χ1v) is 10.4. The second-order valence-corrected chi connectivity index (χ2v) is 9.40. The molecule has 3 rings (SSSR count). The molecule has 4 nitrogen and oxygen atoms in total. The van der Waals surface area contributed by atoms with Gasteiger partial charge in [0.25, 0.3) is 5.91 Å². The Morgan fingerprint density at radius 1 is 1.04 bits per heavy atom. The quantitative estimate of drug-likeness (QED) is 0.680. The van der Waals surface area contributed by atoms with Crippen LogP contribution in [-0.2, 0) is 17.6 Å². The van der Waals surface area contributed by atoms with Gasteiger partial charge >= 0.3 is 0 Å². The fourth-order valence-electron chi connectivity index (χ4n) is 3.28. The van der Waals surface area contributed by atoms with E-state index in [1.807, 2.05) is 52.0 Å². The molecule has 144 valence electrons. The minimum absolute atomic E-state index is 0.0662. The summed E-state index contributed by atoms with van der Waals surface area (Å²) in [5.74, 6) is -0.201. The Kier molecular flexibility index (Phi) is 5.70. The molecule has 0 bridgehead atoms. The number of carbonyl (C=O) groups excluding carboxylic acids is 2. The average Bonchev–Trinajstić information content (AvgIpc) is 2.75. The topological polar surface area (TPSA) is 58.2 Å². The number of hydrogen-bond donors (Lipinski definition) is 2. The van der Waals surface area contributed by atoms with E-state index in [4.69, 9.17) is 0 Å². The molecule has 5 heteroatoms. The summed E-state index contributed by atoms with van der Waals surface area (Å²) in [4.78, 5) is 27.0. The molecule has 1 aromatic heterocycles. The van der Waals surface area contributed by atoms with E-state index < -0.39 is 5.41 Å². The molecule has 0 atom stereocenters. The molecule has 0 radical (unpaired) electrons. The standard InChI is InChI=1S/C22H28N2O2S/c1-14-9-8-10-15(13-14)23-19(25)18-16-11-6-5-7-12-17(16)27-20(18)24-21(26)22(2,3)4/h8-10,13H,5-7,11-12H2,1-4H3,(H,23,25)(H,24,26). The van der Waals surface area contributed by atoms with Crippen molar-refractivity contribution in [1.82, 2.24) is 0 Å². The molecule has 2 N–H and O–H groups in total. The van der Waals surface area contributed by atoms with Gasteiger partial charge in [0, 0.05) is 16.0 Å². The molecule has 2 amide bonds. The van der Waals surface area contributed by atoms with Crippen LogP contribution in [0.3, 0.4) is 0 Å². The number of benzene rings is 1. The van der Waals surface area contributed by atoms with E-state index in [1.165, 1.54) is 11.3 Å². The van der Waals surface area contributed by atoms with Crippen molar-refractivity contribution in [3.8, 4) is 0 Å². The van der Waals surface area contributed by atoms with Crippen LogP contribution in [0, 0.1) is 12.3 Å². The summed E-state index contributed by atoms with van der Waals surface area (Å²) in [5, 5.41) is 6.74. The van der Waals surface area contributed by atoms with Crippen LogP contribution in [0.4, 0.5) is 10.7 Å². The number of carbonyl (C=O) groups is 2. The van der Waals surface area contributed by atoms with Gasteiger partial charge in [-0.3, -0.25) is 9.59 Å². The zero-order valence-corrected chi connectivity index (χ0v) is 17.4. The lowest BCUT2D eigenvalue weighted by Crippen LogP contribution is -2.28. The van der Waals surface area contributed by atoms with E-state index in [0.29, 0.717) is 10.6 Å². The number of fused-ring (bicyclic) bond motifs is 1. The number of hydrogen-bond acceptors (Lipinski definition) is 3. The van der Waals surface area contributed by atoms with Crippen LogP contribution in [0.15, 0.2) is 24.3 Å². The molecular formula is C22H28N2O2S. The van der Waals surface area contributed by atoms with Crippen molar-refractivity contribution < 1.29 is 9.59 Å². The van der Waals surface area contributed by atoms with Crippen LogP contribution < -0.4 is 10.6 Å². The largest absolute Gasteiger partial charge is 0.322 e. The molecule has 0 saturated heterocycles. The summed E-state index contributed by atoms with van der Waals surface area (Å²) in [6.45, 7) is 7.65. The van der Waals surface area contributed by atoms with Gasteiger partial charge in [-0.2, -0.15) is 0 Å². The Bertz CT molecular complexity index is 862. The maximum absolute atomic E-state index is 13.2. The van der Waals surface area contributed by atoms with Gasteiger partial charge in [0.2, 0.25) is 5.91 Å². The van der Waals surface area contributed by atoms with Gasteiger partial charge in [-0.05, 0) is 55.9 Å². The lowest BCUT2D eigenvalue weighted by molar-refractivity contribution is -0.123. The minimum atomic E-state index is -0.508. The fraction of sp³-hybridized carbons (Fsp3) is 0.455. The Morgan fingerprint density at radius 3 is 2.48 bits per heavy atom. The Labute approximate surface area is 165 Å². The number of amides is 2. The molecule has 0 fully saturated rings. The van der Waals surface area contributed by atoms with Crippen molar-refractivity contribution in [3.05, 3.63) is 45.8 Å². The second kappa shape index (κ2) is 7.85. The highest BCUT2D eigenvalue weighted by molar-refractivity contribution is 7.17. The third kappa shape index (κ3) is 4.59. The van der Waals surface area contributed by atoms with Gasteiger partial charge < -0.3 is 10.6 Å². The van der Waals surface area contributed by atoms with Crippen molar-refractivity contribution in [3.63, 3.8) is 0 Å². The van der Waals surface area contributed by atoms with Gasteiger partial charge in [-0.1, -0.05) is 39.3 Å². The molecular weight excluding hydrogens is 356 g/mol. The van der Waals surface area contributed by atoms with Crippen LogP contribution in [0.1, 0.15) is 66.4 Å². The highest BCUT2D eigenvalue weighted by Gasteiger charge is 2.28. The molecule has 0 unspecified atom stereocenters. The number of aryl methyl sites for hydroxylation is 2. The summed E-state index contributed by atoms with van der Waals surface area (Å²) in [5.41, 5.74) is 3.13. The third-order valence-corrected chi connectivity index (χ3v) is 6.04. The highest BCUT2D eigenvalue weighted by atomic mass is 32.1. The first-order chi connectivity index (χ1) is 12.8.